The van der Waals surface area contributed by atoms with Gasteiger partial charge in [-0.3, -0.25) is 9.78 Å². The Morgan fingerprint density at radius 3 is 3.21 bits per heavy atom. The minimum atomic E-state index is -0.139. The lowest BCUT2D eigenvalue weighted by molar-refractivity contribution is 0.0624. The molecule has 2 heterocycles. The average molecular weight is 259 g/mol. The summed E-state index contributed by atoms with van der Waals surface area (Å²) in [6, 6.07) is 1.80. The molecule has 1 unspecified atom stereocenters. The van der Waals surface area contributed by atoms with E-state index < -0.39 is 0 Å². The van der Waals surface area contributed by atoms with Crippen LogP contribution in [-0.4, -0.2) is 36.7 Å². The van der Waals surface area contributed by atoms with Crippen LogP contribution >= 0.6 is 0 Å². The van der Waals surface area contributed by atoms with E-state index in [1.54, 1.807) is 12.3 Å². The summed E-state index contributed by atoms with van der Waals surface area (Å²) in [6.07, 6.45) is 5.08. The van der Waals surface area contributed by atoms with E-state index in [1.807, 2.05) is 0 Å². The highest BCUT2D eigenvalue weighted by molar-refractivity contribution is 5.94. The summed E-state index contributed by atoms with van der Waals surface area (Å²) in [5.74, 6) is 5.46. The van der Waals surface area contributed by atoms with Crippen molar-refractivity contribution in [2.45, 2.75) is 18.9 Å². The van der Waals surface area contributed by atoms with Crippen LogP contribution < -0.4 is 11.1 Å². The maximum absolute atomic E-state index is 12.1. The summed E-state index contributed by atoms with van der Waals surface area (Å²) in [7, 11) is 0. The largest absolute Gasteiger partial charge is 0.379 e. The molecule has 5 nitrogen and oxygen atoms in total. The second kappa shape index (κ2) is 6.88. The summed E-state index contributed by atoms with van der Waals surface area (Å²) < 4.78 is 5.33. The summed E-state index contributed by atoms with van der Waals surface area (Å²) in [4.78, 5) is 16.1. The SMILES string of the molecule is NCC#Cc1cncc(C(=O)NC2CCCOC2)c1. The van der Waals surface area contributed by atoms with Crippen LogP contribution in [0, 0.1) is 11.8 Å². The van der Waals surface area contributed by atoms with Crippen molar-refractivity contribution in [3.8, 4) is 11.8 Å². The fraction of sp³-hybridized carbons (Fsp3) is 0.429. The van der Waals surface area contributed by atoms with E-state index in [1.165, 1.54) is 6.20 Å². The molecule has 3 N–H and O–H groups in total. The van der Waals surface area contributed by atoms with Crippen LogP contribution in [-0.2, 0) is 4.74 Å². The molecular weight excluding hydrogens is 242 g/mol. The summed E-state index contributed by atoms with van der Waals surface area (Å²) >= 11 is 0. The van der Waals surface area contributed by atoms with Crippen molar-refractivity contribution in [1.29, 1.82) is 0 Å². The molecule has 1 aliphatic heterocycles. The zero-order valence-corrected chi connectivity index (χ0v) is 10.7. The highest BCUT2D eigenvalue weighted by Crippen LogP contribution is 2.08. The second-order valence-corrected chi connectivity index (χ2v) is 4.36. The van der Waals surface area contributed by atoms with Gasteiger partial charge in [-0.05, 0) is 18.9 Å². The van der Waals surface area contributed by atoms with Crippen LogP contribution in [0.4, 0.5) is 0 Å². The van der Waals surface area contributed by atoms with Gasteiger partial charge >= 0.3 is 0 Å². The number of hydrogen-bond donors (Lipinski definition) is 2. The fourth-order valence-corrected chi connectivity index (χ4v) is 1.91. The van der Waals surface area contributed by atoms with Crippen molar-refractivity contribution < 1.29 is 9.53 Å². The molecule has 0 radical (unpaired) electrons. The molecule has 2 rings (SSSR count). The lowest BCUT2D eigenvalue weighted by Crippen LogP contribution is -2.40. The van der Waals surface area contributed by atoms with Crippen LogP contribution in [0.2, 0.25) is 0 Å². The first-order valence-electron chi connectivity index (χ1n) is 6.32. The molecule has 0 bridgehead atoms. The lowest BCUT2D eigenvalue weighted by atomic mass is 10.1. The van der Waals surface area contributed by atoms with E-state index in [9.17, 15) is 4.79 Å². The average Bonchev–Trinajstić information content (AvgIpc) is 2.46. The van der Waals surface area contributed by atoms with Gasteiger partial charge in [-0.2, -0.15) is 0 Å². The van der Waals surface area contributed by atoms with Crippen molar-refractivity contribution in [3.63, 3.8) is 0 Å². The molecule has 1 saturated heterocycles. The minimum Gasteiger partial charge on any atom is -0.379 e. The number of rotatable bonds is 2. The van der Waals surface area contributed by atoms with E-state index in [4.69, 9.17) is 10.5 Å². The first kappa shape index (κ1) is 13.5. The molecule has 0 spiro atoms. The summed E-state index contributed by atoms with van der Waals surface area (Å²) in [6.45, 7) is 1.64. The van der Waals surface area contributed by atoms with Gasteiger partial charge in [0.05, 0.1) is 24.8 Å². The van der Waals surface area contributed by atoms with Gasteiger partial charge < -0.3 is 15.8 Å². The van der Waals surface area contributed by atoms with Crippen molar-refractivity contribution in [1.82, 2.24) is 10.3 Å². The summed E-state index contributed by atoms with van der Waals surface area (Å²) in [5.41, 5.74) is 6.51. The zero-order chi connectivity index (χ0) is 13.5. The molecule has 5 heteroatoms. The monoisotopic (exact) mass is 259 g/mol. The predicted molar refractivity (Wildman–Crippen MR) is 71.5 cm³/mol. The van der Waals surface area contributed by atoms with Crippen molar-refractivity contribution in [3.05, 3.63) is 29.6 Å². The van der Waals surface area contributed by atoms with Gasteiger partial charge in [0, 0.05) is 24.6 Å². The quantitative estimate of drug-likeness (QED) is 0.749. The molecule has 19 heavy (non-hydrogen) atoms. The van der Waals surface area contributed by atoms with Gasteiger partial charge in [0.1, 0.15) is 0 Å². The van der Waals surface area contributed by atoms with Gasteiger partial charge in [-0.1, -0.05) is 11.8 Å². The number of pyridine rings is 1. The maximum Gasteiger partial charge on any atom is 0.253 e. The third kappa shape index (κ3) is 4.05. The number of carbonyl (C=O) groups is 1. The predicted octanol–water partition coefficient (Wildman–Crippen LogP) is 0.301. The van der Waals surface area contributed by atoms with Crippen LogP contribution in [0.1, 0.15) is 28.8 Å². The lowest BCUT2D eigenvalue weighted by Gasteiger charge is -2.23. The Kier molecular flexibility index (Phi) is 4.90. The van der Waals surface area contributed by atoms with Crippen molar-refractivity contribution >= 4 is 5.91 Å². The third-order valence-corrected chi connectivity index (χ3v) is 2.83. The smallest absolute Gasteiger partial charge is 0.253 e. The molecular formula is C14H17N3O2. The highest BCUT2D eigenvalue weighted by Gasteiger charge is 2.17. The van der Waals surface area contributed by atoms with Gasteiger partial charge in [0.15, 0.2) is 0 Å². The number of aromatic nitrogens is 1. The summed E-state index contributed by atoms with van der Waals surface area (Å²) in [5, 5.41) is 2.94. The van der Waals surface area contributed by atoms with E-state index in [0.717, 1.165) is 19.4 Å². The number of nitrogens with one attached hydrogen (secondary N) is 1. The van der Waals surface area contributed by atoms with Crippen LogP contribution in [0.5, 0.6) is 0 Å². The van der Waals surface area contributed by atoms with E-state index in [0.29, 0.717) is 17.7 Å². The minimum absolute atomic E-state index is 0.0834. The molecule has 1 atom stereocenters. The molecule has 1 aromatic heterocycles. The normalized spacial score (nSPS) is 18.3. The Bertz CT molecular complexity index is 499. The molecule has 0 aliphatic carbocycles. The Morgan fingerprint density at radius 2 is 2.47 bits per heavy atom. The maximum atomic E-state index is 12.1. The van der Waals surface area contributed by atoms with E-state index >= 15 is 0 Å². The number of amides is 1. The first-order chi connectivity index (χ1) is 9.29. The van der Waals surface area contributed by atoms with Crippen molar-refractivity contribution in [2.75, 3.05) is 19.8 Å². The number of ether oxygens (including phenoxy) is 1. The van der Waals surface area contributed by atoms with Gasteiger partial charge in [-0.25, -0.2) is 0 Å². The topological polar surface area (TPSA) is 77.2 Å². The highest BCUT2D eigenvalue weighted by atomic mass is 16.5. The molecule has 0 saturated carbocycles. The second-order valence-electron chi connectivity index (χ2n) is 4.36. The van der Waals surface area contributed by atoms with Crippen LogP contribution in [0.3, 0.4) is 0 Å². The molecule has 1 fully saturated rings. The molecule has 1 aliphatic rings. The van der Waals surface area contributed by atoms with Crippen molar-refractivity contribution in [2.24, 2.45) is 5.73 Å². The Morgan fingerprint density at radius 1 is 1.58 bits per heavy atom. The number of nitrogens with two attached hydrogens (primary N) is 1. The molecule has 1 amide bonds. The van der Waals surface area contributed by atoms with Gasteiger partial charge in [0.25, 0.3) is 5.91 Å². The van der Waals surface area contributed by atoms with E-state index in [-0.39, 0.29) is 18.5 Å². The zero-order valence-electron chi connectivity index (χ0n) is 10.7. The molecule has 1 aromatic rings. The third-order valence-electron chi connectivity index (χ3n) is 2.83. The fourth-order valence-electron chi connectivity index (χ4n) is 1.91. The molecule has 0 aromatic carbocycles. The van der Waals surface area contributed by atoms with Gasteiger partial charge in [-0.15, -0.1) is 0 Å². The van der Waals surface area contributed by atoms with Crippen LogP contribution in [0.15, 0.2) is 18.5 Å². The Hall–Kier alpha value is -1.90. The molecule has 100 valence electrons. The van der Waals surface area contributed by atoms with Crippen LogP contribution in [0.25, 0.3) is 0 Å². The Labute approximate surface area is 112 Å². The van der Waals surface area contributed by atoms with E-state index in [2.05, 4.69) is 22.1 Å². The number of nitrogens with zero attached hydrogens (tertiary/aromatic N) is 1. The number of carbonyl (C=O) groups excluding carboxylic acids is 1. The van der Waals surface area contributed by atoms with Gasteiger partial charge in [0.2, 0.25) is 0 Å². The number of hydrogen-bond acceptors (Lipinski definition) is 4. The first-order valence-corrected chi connectivity index (χ1v) is 6.32. The Balaban J connectivity index is 2.01. The standard InChI is InChI=1S/C14H17N3O2/c15-5-1-3-11-7-12(9-16-8-11)14(18)17-13-4-2-6-19-10-13/h7-9,13H,2,4-6,10,15H2,(H,17,18).